The van der Waals surface area contributed by atoms with E-state index in [0.717, 1.165) is 11.8 Å². The van der Waals surface area contributed by atoms with Crippen molar-refractivity contribution in [3.05, 3.63) is 41.9 Å². The standard InChI is InChI=1S/C23H22F3N7O3S/c1-10-9-33(2)32-18(10)11-4-5-14(16(6-11)37(3,35)36)27-15-8-17(29-23(34)12-7-13(12)24)28-21-19(15)30-22(31-21)20(25)26/h4-6,8-9,12-13,20H,7H2,1-3H3,(H3,27,28,29,30,31,34)/t12?,13-/m0/s1. The zero-order chi connectivity index (χ0) is 26.6. The van der Waals surface area contributed by atoms with Crippen molar-refractivity contribution in [1.82, 2.24) is 24.7 Å². The number of alkyl halides is 3. The molecule has 0 saturated heterocycles. The van der Waals surface area contributed by atoms with Crippen molar-refractivity contribution in [2.24, 2.45) is 13.0 Å². The molecule has 1 unspecified atom stereocenters. The summed E-state index contributed by atoms with van der Waals surface area (Å²) in [6, 6.07) is 6.03. The van der Waals surface area contributed by atoms with Crippen molar-refractivity contribution in [1.29, 1.82) is 0 Å². The number of carbonyl (C=O) groups is 1. The van der Waals surface area contributed by atoms with Gasteiger partial charge in [-0.1, -0.05) is 6.07 Å². The van der Waals surface area contributed by atoms with Gasteiger partial charge in [-0.05, 0) is 31.0 Å². The van der Waals surface area contributed by atoms with Crippen LogP contribution in [0.3, 0.4) is 0 Å². The van der Waals surface area contributed by atoms with Crippen LogP contribution in [0.2, 0.25) is 0 Å². The van der Waals surface area contributed by atoms with Crippen molar-refractivity contribution < 1.29 is 26.4 Å². The molecule has 37 heavy (non-hydrogen) atoms. The number of nitrogens with zero attached hydrogens (tertiary/aromatic N) is 4. The largest absolute Gasteiger partial charge is 0.353 e. The normalized spacial score (nSPS) is 17.4. The van der Waals surface area contributed by atoms with Gasteiger partial charge in [-0.3, -0.25) is 9.48 Å². The van der Waals surface area contributed by atoms with E-state index >= 15 is 0 Å². The van der Waals surface area contributed by atoms with Crippen molar-refractivity contribution in [2.75, 3.05) is 16.9 Å². The number of halogens is 3. The Labute approximate surface area is 209 Å². The van der Waals surface area contributed by atoms with Gasteiger partial charge in [0, 0.05) is 31.1 Å². The lowest BCUT2D eigenvalue weighted by molar-refractivity contribution is -0.117. The number of nitrogens with one attached hydrogen (secondary N) is 3. The van der Waals surface area contributed by atoms with Crippen LogP contribution in [-0.2, 0) is 21.7 Å². The molecule has 0 bridgehead atoms. The first kappa shape index (κ1) is 24.7. The Balaban J connectivity index is 1.59. The molecule has 0 spiro atoms. The van der Waals surface area contributed by atoms with E-state index in [4.69, 9.17) is 0 Å². The zero-order valence-electron chi connectivity index (χ0n) is 19.9. The Morgan fingerprint density at radius 1 is 1.22 bits per heavy atom. The number of aromatic nitrogens is 5. The highest BCUT2D eigenvalue weighted by Gasteiger charge is 2.43. The molecule has 3 N–H and O–H groups in total. The summed E-state index contributed by atoms with van der Waals surface area (Å²) in [4.78, 5) is 22.6. The van der Waals surface area contributed by atoms with Gasteiger partial charge >= 0.3 is 0 Å². The van der Waals surface area contributed by atoms with E-state index in [-0.39, 0.29) is 39.7 Å². The number of rotatable bonds is 7. The summed E-state index contributed by atoms with van der Waals surface area (Å²) in [5, 5.41) is 9.81. The van der Waals surface area contributed by atoms with Gasteiger partial charge in [0.2, 0.25) is 5.91 Å². The number of aryl methyl sites for hydroxylation is 2. The van der Waals surface area contributed by atoms with Crippen LogP contribution in [-0.4, -0.2) is 51.5 Å². The number of pyridine rings is 1. The highest BCUT2D eigenvalue weighted by Crippen LogP contribution is 2.37. The Bertz CT molecular complexity index is 1650. The molecule has 4 aromatic rings. The van der Waals surface area contributed by atoms with Gasteiger partial charge in [0.25, 0.3) is 6.43 Å². The summed E-state index contributed by atoms with van der Waals surface area (Å²) in [5.74, 6) is -2.09. The topological polar surface area (TPSA) is 135 Å². The van der Waals surface area contributed by atoms with Gasteiger partial charge in [0.05, 0.1) is 27.9 Å². The van der Waals surface area contributed by atoms with E-state index in [9.17, 15) is 26.4 Å². The quantitative estimate of drug-likeness (QED) is 0.326. The van der Waals surface area contributed by atoms with Gasteiger partial charge in [-0.2, -0.15) is 5.10 Å². The fourth-order valence-corrected chi connectivity index (χ4v) is 4.90. The molecular weight excluding hydrogens is 511 g/mol. The third-order valence-electron chi connectivity index (χ3n) is 5.92. The van der Waals surface area contributed by atoms with Crippen LogP contribution in [0, 0.1) is 12.8 Å². The molecule has 3 heterocycles. The number of carbonyl (C=O) groups excluding carboxylic acids is 1. The van der Waals surface area contributed by atoms with Gasteiger partial charge in [-0.15, -0.1) is 0 Å². The summed E-state index contributed by atoms with van der Waals surface area (Å²) >= 11 is 0. The van der Waals surface area contributed by atoms with Crippen molar-refractivity contribution >= 4 is 44.1 Å². The molecule has 1 amide bonds. The molecule has 2 atom stereocenters. The maximum Gasteiger partial charge on any atom is 0.295 e. The third kappa shape index (κ3) is 4.88. The predicted octanol–water partition coefficient (Wildman–Crippen LogP) is 4.05. The average molecular weight is 534 g/mol. The summed E-state index contributed by atoms with van der Waals surface area (Å²) < 4.78 is 67.1. The lowest BCUT2D eigenvalue weighted by Gasteiger charge is -2.14. The number of hydrogen-bond acceptors (Lipinski definition) is 7. The van der Waals surface area contributed by atoms with Crippen LogP contribution in [0.15, 0.2) is 35.4 Å². The highest BCUT2D eigenvalue weighted by molar-refractivity contribution is 7.90. The number of aromatic amines is 1. The molecule has 1 aliphatic carbocycles. The lowest BCUT2D eigenvalue weighted by Crippen LogP contribution is -2.16. The van der Waals surface area contributed by atoms with Gasteiger partial charge in [-0.25, -0.2) is 31.6 Å². The highest BCUT2D eigenvalue weighted by atomic mass is 32.2. The molecule has 0 radical (unpaired) electrons. The number of anilines is 3. The van der Waals surface area contributed by atoms with Crippen LogP contribution in [0.5, 0.6) is 0 Å². The minimum atomic E-state index is -3.76. The van der Waals surface area contributed by atoms with Crippen LogP contribution < -0.4 is 10.6 Å². The second-order valence-electron chi connectivity index (χ2n) is 8.97. The summed E-state index contributed by atoms with van der Waals surface area (Å²) in [6.07, 6.45) is -1.22. The summed E-state index contributed by atoms with van der Waals surface area (Å²) in [6.45, 7) is 1.85. The van der Waals surface area contributed by atoms with E-state index in [1.54, 1.807) is 24.0 Å². The number of fused-ring (bicyclic) bond motifs is 1. The SMILES string of the molecule is Cc1cn(C)nc1-c1ccc(Nc2cc(NC(=O)C3C[C@@H]3F)nc3nc(C(F)F)[nH]c23)c(S(C)(=O)=O)c1. The fraction of sp³-hybridized carbons (Fsp3) is 0.304. The number of hydrogen-bond donors (Lipinski definition) is 3. The van der Waals surface area contributed by atoms with Gasteiger partial charge in [0.1, 0.15) is 17.5 Å². The van der Waals surface area contributed by atoms with Crippen molar-refractivity contribution in [2.45, 2.75) is 30.8 Å². The molecule has 1 aromatic carbocycles. The second kappa shape index (κ2) is 8.87. The predicted molar refractivity (Wildman–Crippen MR) is 130 cm³/mol. The smallest absolute Gasteiger partial charge is 0.295 e. The Hall–Kier alpha value is -3.94. The van der Waals surface area contributed by atoms with Crippen LogP contribution in [0.4, 0.5) is 30.4 Å². The number of amides is 1. The maximum atomic E-state index is 13.4. The number of H-pyrrole nitrogens is 1. The molecule has 14 heteroatoms. The number of imidazole rings is 1. The molecule has 1 aliphatic rings. The van der Waals surface area contributed by atoms with E-state index in [0.29, 0.717) is 11.3 Å². The van der Waals surface area contributed by atoms with Crippen LogP contribution >= 0.6 is 0 Å². The van der Waals surface area contributed by atoms with E-state index in [1.807, 2.05) is 6.92 Å². The molecule has 1 fully saturated rings. The number of benzene rings is 1. The Morgan fingerprint density at radius 3 is 2.54 bits per heavy atom. The summed E-state index contributed by atoms with van der Waals surface area (Å²) in [5.41, 5.74) is 2.27. The van der Waals surface area contributed by atoms with E-state index in [1.165, 1.54) is 18.2 Å². The monoisotopic (exact) mass is 533 g/mol. The molecule has 0 aliphatic heterocycles. The fourth-order valence-electron chi connectivity index (χ4n) is 4.04. The van der Waals surface area contributed by atoms with Gasteiger partial charge in [0.15, 0.2) is 21.3 Å². The van der Waals surface area contributed by atoms with Gasteiger partial charge < -0.3 is 15.6 Å². The Morgan fingerprint density at radius 2 is 1.95 bits per heavy atom. The van der Waals surface area contributed by atoms with Crippen molar-refractivity contribution in [3.8, 4) is 11.3 Å². The summed E-state index contributed by atoms with van der Waals surface area (Å²) in [7, 11) is -2.01. The van der Waals surface area contributed by atoms with Crippen molar-refractivity contribution in [3.63, 3.8) is 0 Å². The van der Waals surface area contributed by atoms with E-state index < -0.39 is 40.1 Å². The van der Waals surface area contributed by atoms with E-state index in [2.05, 4.69) is 30.7 Å². The zero-order valence-corrected chi connectivity index (χ0v) is 20.7. The molecule has 3 aromatic heterocycles. The Kier molecular flexibility index (Phi) is 5.93. The third-order valence-corrected chi connectivity index (χ3v) is 7.06. The minimum Gasteiger partial charge on any atom is -0.353 e. The lowest BCUT2D eigenvalue weighted by atomic mass is 10.1. The first-order valence-electron chi connectivity index (χ1n) is 11.2. The van der Waals surface area contributed by atoms with Crippen LogP contribution in [0.25, 0.3) is 22.4 Å². The molecule has 10 nitrogen and oxygen atoms in total. The average Bonchev–Trinajstić information content (AvgIpc) is 3.22. The second-order valence-corrected chi connectivity index (χ2v) is 11.0. The molecule has 1 saturated carbocycles. The minimum absolute atomic E-state index is 0.0481. The first-order valence-corrected chi connectivity index (χ1v) is 13.1. The number of sulfone groups is 1. The molecular formula is C23H22F3N7O3S. The first-order chi connectivity index (χ1) is 17.4. The van der Waals surface area contributed by atoms with Crippen LogP contribution in [0.1, 0.15) is 24.2 Å². The molecule has 194 valence electrons. The molecule has 5 rings (SSSR count). The maximum absolute atomic E-state index is 13.4.